The van der Waals surface area contributed by atoms with Crippen molar-refractivity contribution in [2.24, 2.45) is 0 Å². The van der Waals surface area contributed by atoms with Gasteiger partial charge in [-0.3, -0.25) is 4.79 Å². The first-order valence-electron chi connectivity index (χ1n) is 5.14. The van der Waals surface area contributed by atoms with Crippen LogP contribution in [-0.4, -0.2) is 15.7 Å². The number of aromatic nitrogens is 2. The van der Waals surface area contributed by atoms with E-state index in [1.807, 2.05) is 6.07 Å². The lowest BCUT2D eigenvalue weighted by Gasteiger charge is -2.13. The Kier molecular flexibility index (Phi) is 3.38. The Hall–Kier alpha value is -1.76. The molecular formula is C12H17N3O. The Balaban J connectivity index is 3.10. The van der Waals surface area contributed by atoms with Gasteiger partial charge in [-0.25, -0.2) is 4.68 Å². The summed E-state index contributed by atoms with van der Waals surface area (Å²) < 4.78 is 1.63. The van der Waals surface area contributed by atoms with Crippen LogP contribution in [0.25, 0.3) is 0 Å². The van der Waals surface area contributed by atoms with Crippen LogP contribution in [0, 0.1) is 12.3 Å². The molecule has 0 unspecified atom stereocenters. The average molecular weight is 219 g/mol. The maximum atomic E-state index is 11.0. The maximum absolute atomic E-state index is 11.0. The molecule has 1 N–H and O–H groups in total. The SMILES string of the molecule is C#CCn1nc(C(C)(C)C)cc1NC(C)=O. The highest BCUT2D eigenvalue weighted by molar-refractivity contribution is 5.87. The number of rotatable bonds is 2. The van der Waals surface area contributed by atoms with Crippen molar-refractivity contribution in [3.63, 3.8) is 0 Å². The fraction of sp³-hybridized carbons (Fsp3) is 0.500. The van der Waals surface area contributed by atoms with E-state index in [-0.39, 0.29) is 11.3 Å². The molecule has 0 spiro atoms. The van der Waals surface area contributed by atoms with E-state index >= 15 is 0 Å². The Labute approximate surface area is 96.0 Å². The summed E-state index contributed by atoms with van der Waals surface area (Å²) in [6.07, 6.45) is 5.26. The first-order chi connectivity index (χ1) is 7.34. The predicted octanol–water partition coefficient (Wildman–Crippen LogP) is 1.77. The molecule has 0 saturated carbocycles. The van der Waals surface area contributed by atoms with E-state index in [1.54, 1.807) is 4.68 Å². The zero-order chi connectivity index (χ0) is 12.3. The quantitative estimate of drug-likeness (QED) is 0.771. The molecule has 0 bridgehead atoms. The summed E-state index contributed by atoms with van der Waals surface area (Å²) >= 11 is 0. The van der Waals surface area contributed by atoms with Crippen molar-refractivity contribution in [2.45, 2.75) is 39.7 Å². The topological polar surface area (TPSA) is 46.9 Å². The second-order valence-electron chi connectivity index (χ2n) is 4.71. The number of amides is 1. The molecule has 0 radical (unpaired) electrons. The van der Waals surface area contributed by atoms with E-state index in [1.165, 1.54) is 6.92 Å². The monoisotopic (exact) mass is 219 g/mol. The maximum Gasteiger partial charge on any atom is 0.222 e. The van der Waals surface area contributed by atoms with Gasteiger partial charge in [0.2, 0.25) is 5.91 Å². The van der Waals surface area contributed by atoms with E-state index in [2.05, 4.69) is 37.1 Å². The second-order valence-corrected chi connectivity index (χ2v) is 4.71. The van der Waals surface area contributed by atoms with Gasteiger partial charge in [-0.1, -0.05) is 26.7 Å². The lowest BCUT2D eigenvalue weighted by Crippen LogP contribution is -2.13. The van der Waals surface area contributed by atoms with E-state index < -0.39 is 0 Å². The molecule has 1 aromatic rings. The molecule has 1 heterocycles. The van der Waals surface area contributed by atoms with Crippen LogP contribution in [-0.2, 0) is 16.8 Å². The summed E-state index contributed by atoms with van der Waals surface area (Å²) in [5.74, 6) is 3.03. The van der Waals surface area contributed by atoms with Crippen molar-refractivity contribution in [2.75, 3.05) is 5.32 Å². The molecule has 0 aliphatic carbocycles. The van der Waals surface area contributed by atoms with Crippen LogP contribution in [0.15, 0.2) is 6.07 Å². The fourth-order valence-electron chi connectivity index (χ4n) is 1.27. The van der Waals surface area contributed by atoms with Crippen molar-refractivity contribution in [3.05, 3.63) is 11.8 Å². The zero-order valence-electron chi connectivity index (χ0n) is 10.2. The molecule has 1 amide bonds. The summed E-state index contributed by atoms with van der Waals surface area (Å²) in [7, 11) is 0. The minimum Gasteiger partial charge on any atom is -0.311 e. The van der Waals surface area contributed by atoms with Crippen molar-refractivity contribution in [1.29, 1.82) is 0 Å². The van der Waals surface area contributed by atoms with Crippen molar-refractivity contribution in [1.82, 2.24) is 9.78 Å². The average Bonchev–Trinajstić information content (AvgIpc) is 2.47. The molecule has 16 heavy (non-hydrogen) atoms. The molecule has 0 aliphatic rings. The minimum atomic E-state index is -0.126. The Morgan fingerprint density at radius 2 is 2.25 bits per heavy atom. The third kappa shape index (κ3) is 2.86. The third-order valence-electron chi connectivity index (χ3n) is 2.09. The lowest BCUT2D eigenvalue weighted by atomic mass is 9.92. The van der Waals surface area contributed by atoms with Crippen LogP contribution < -0.4 is 5.32 Å². The zero-order valence-corrected chi connectivity index (χ0v) is 10.2. The van der Waals surface area contributed by atoms with Crippen LogP contribution in [0.4, 0.5) is 5.82 Å². The number of hydrogen-bond acceptors (Lipinski definition) is 2. The Morgan fingerprint density at radius 1 is 1.62 bits per heavy atom. The summed E-state index contributed by atoms with van der Waals surface area (Å²) in [6.45, 7) is 8.00. The second kappa shape index (κ2) is 4.40. The van der Waals surface area contributed by atoms with Gasteiger partial charge in [0, 0.05) is 18.4 Å². The molecule has 1 rings (SSSR count). The molecule has 86 valence electrons. The van der Waals surface area contributed by atoms with Crippen molar-refractivity contribution < 1.29 is 4.79 Å². The van der Waals surface area contributed by atoms with Crippen molar-refractivity contribution >= 4 is 11.7 Å². The van der Waals surface area contributed by atoms with Gasteiger partial charge in [0.25, 0.3) is 0 Å². The first-order valence-corrected chi connectivity index (χ1v) is 5.14. The number of nitrogens with one attached hydrogen (secondary N) is 1. The van der Waals surface area contributed by atoms with Crippen LogP contribution >= 0.6 is 0 Å². The van der Waals surface area contributed by atoms with E-state index in [0.29, 0.717) is 12.4 Å². The smallest absolute Gasteiger partial charge is 0.222 e. The normalized spacial score (nSPS) is 10.9. The van der Waals surface area contributed by atoms with Gasteiger partial charge in [0.05, 0.1) is 5.69 Å². The first kappa shape index (κ1) is 12.3. The highest BCUT2D eigenvalue weighted by Gasteiger charge is 2.19. The Morgan fingerprint density at radius 3 is 2.69 bits per heavy atom. The number of terminal acetylenes is 1. The summed E-state index contributed by atoms with van der Waals surface area (Å²) in [4.78, 5) is 11.0. The van der Waals surface area contributed by atoms with E-state index in [4.69, 9.17) is 6.42 Å². The summed E-state index contributed by atoms with van der Waals surface area (Å²) in [5, 5.41) is 7.10. The van der Waals surface area contributed by atoms with Gasteiger partial charge in [0.15, 0.2) is 0 Å². The van der Waals surface area contributed by atoms with Crippen LogP contribution in [0.5, 0.6) is 0 Å². The number of nitrogens with zero attached hydrogens (tertiary/aromatic N) is 2. The molecule has 4 nitrogen and oxygen atoms in total. The van der Waals surface area contributed by atoms with E-state index in [9.17, 15) is 4.79 Å². The highest BCUT2D eigenvalue weighted by atomic mass is 16.1. The van der Waals surface area contributed by atoms with Gasteiger partial charge >= 0.3 is 0 Å². The summed E-state index contributed by atoms with van der Waals surface area (Å²) in [5.41, 5.74) is 0.846. The standard InChI is InChI=1S/C12H17N3O/c1-6-7-15-11(13-9(2)16)8-10(14-15)12(3,4)5/h1,8H,7H2,2-5H3,(H,13,16). The number of anilines is 1. The third-order valence-corrected chi connectivity index (χ3v) is 2.09. The van der Waals surface area contributed by atoms with E-state index in [0.717, 1.165) is 5.69 Å². The van der Waals surface area contributed by atoms with Gasteiger partial charge in [-0.15, -0.1) is 6.42 Å². The van der Waals surface area contributed by atoms with Crippen LogP contribution in [0.1, 0.15) is 33.4 Å². The number of carbonyl (C=O) groups excluding carboxylic acids is 1. The molecule has 4 heteroatoms. The van der Waals surface area contributed by atoms with Gasteiger partial charge in [0.1, 0.15) is 12.4 Å². The molecule has 0 aromatic carbocycles. The van der Waals surface area contributed by atoms with Crippen molar-refractivity contribution in [3.8, 4) is 12.3 Å². The van der Waals surface area contributed by atoms with Gasteiger partial charge in [-0.2, -0.15) is 5.10 Å². The Bertz CT molecular complexity index is 432. The number of carbonyl (C=O) groups is 1. The molecule has 1 aromatic heterocycles. The van der Waals surface area contributed by atoms with Crippen LogP contribution in [0.2, 0.25) is 0 Å². The highest BCUT2D eigenvalue weighted by Crippen LogP contribution is 2.23. The fourth-order valence-corrected chi connectivity index (χ4v) is 1.27. The minimum absolute atomic E-state index is 0.0624. The number of hydrogen-bond donors (Lipinski definition) is 1. The summed E-state index contributed by atoms with van der Waals surface area (Å²) in [6, 6.07) is 1.86. The van der Waals surface area contributed by atoms with Gasteiger partial charge < -0.3 is 5.32 Å². The molecule has 0 aliphatic heterocycles. The largest absolute Gasteiger partial charge is 0.311 e. The predicted molar refractivity (Wildman–Crippen MR) is 64.1 cm³/mol. The van der Waals surface area contributed by atoms with Crippen LogP contribution in [0.3, 0.4) is 0 Å². The molecule has 0 fully saturated rings. The lowest BCUT2D eigenvalue weighted by molar-refractivity contribution is -0.114. The molecule has 0 saturated heterocycles. The molecule has 0 atom stereocenters. The molecular weight excluding hydrogens is 202 g/mol. The van der Waals surface area contributed by atoms with Gasteiger partial charge in [-0.05, 0) is 0 Å².